The normalized spacial score (nSPS) is 12.3. The maximum atomic E-state index is 12.5. The Morgan fingerprint density at radius 1 is 1.23 bits per heavy atom. The Bertz CT molecular complexity index is 678. The SMILES string of the molecule is CCCc1c(C(=O)NC(CCC)C(=O)O)sc2ccccc12. The summed E-state index contributed by atoms with van der Waals surface area (Å²) in [5, 5.41) is 13.0. The van der Waals surface area contributed by atoms with Crippen molar-refractivity contribution in [3.05, 3.63) is 34.7 Å². The lowest BCUT2D eigenvalue weighted by Crippen LogP contribution is -2.40. The number of carbonyl (C=O) groups excluding carboxylic acids is 1. The highest BCUT2D eigenvalue weighted by atomic mass is 32.1. The van der Waals surface area contributed by atoms with Crippen molar-refractivity contribution in [2.24, 2.45) is 0 Å². The lowest BCUT2D eigenvalue weighted by molar-refractivity contribution is -0.139. The molecule has 0 bridgehead atoms. The highest BCUT2D eigenvalue weighted by Gasteiger charge is 2.23. The second-order valence-corrected chi connectivity index (χ2v) is 6.36. The largest absolute Gasteiger partial charge is 0.480 e. The fourth-order valence-electron chi connectivity index (χ4n) is 2.55. The Hall–Kier alpha value is -1.88. The van der Waals surface area contributed by atoms with Crippen LogP contribution in [0.25, 0.3) is 10.1 Å². The van der Waals surface area contributed by atoms with Gasteiger partial charge in [-0.2, -0.15) is 0 Å². The second kappa shape index (κ2) is 7.40. The molecule has 2 aromatic rings. The van der Waals surface area contributed by atoms with Gasteiger partial charge in [0.25, 0.3) is 5.91 Å². The number of thiophene rings is 1. The van der Waals surface area contributed by atoms with Crippen molar-refractivity contribution in [1.29, 1.82) is 0 Å². The molecule has 0 aliphatic rings. The van der Waals surface area contributed by atoms with Gasteiger partial charge in [-0.15, -0.1) is 11.3 Å². The number of carboxylic acids is 1. The molecule has 0 aliphatic heterocycles. The van der Waals surface area contributed by atoms with E-state index >= 15 is 0 Å². The van der Waals surface area contributed by atoms with E-state index in [0.29, 0.717) is 17.7 Å². The van der Waals surface area contributed by atoms with Crippen LogP contribution in [0.3, 0.4) is 0 Å². The number of carboxylic acid groups (broad SMARTS) is 1. The summed E-state index contributed by atoms with van der Waals surface area (Å²) in [6.07, 6.45) is 2.91. The summed E-state index contributed by atoms with van der Waals surface area (Å²) in [5.41, 5.74) is 1.03. The molecule has 0 saturated heterocycles. The standard InChI is InChI=1S/C17H21NO3S/c1-3-7-12-11-9-5-6-10-14(11)22-15(12)16(19)18-13(8-4-2)17(20)21/h5-6,9-10,13H,3-4,7-8H2,1-2H3,(H,18,19)(H,20,21). The molecule has 0 fully saturated rings. The first kappa shape index (κ1) is 16.5. The van der Waals surface area contributed by atoms with E-state index in [-0.39, 0.29) is 5.91 Å². The second-order valence-electron chi connectivity index (χ2n) is 5.31. The third kappa shape index (κ3) is 3.47. The van der Waals surface area contributed by atoms with Gasteiger partial charge in [0, 0.05) is 4.70 Å². The number of benzene rings is 1. The smallest absolute Gasteiger partial charge is 0.326 e. The molecule has 22 heavy (non-hydrogen) atoms. The average Bonchev–Trinajstić information content (AvgIpc) is 2.86. The summed E-state index contributed by atoms with van der Waals surface area (Å²) in [6.45, 7) is 3.98. The van der Waals surface area contributed by atoms with Crippen LogP contribution in [0.4, 0.5) is 0 Å². The molecule has 2 rings (SSSR count). The van der Waals surface area contributed by atoms with E-state index < -0.39 is 12.0 Å². The minimum absolute atomic E-state index is 0.273. The molecule has 1 amide bonds. The van der Waals surface area contributed by atoms with Crippen LogP contribution < -0.4 is 5.32 Å². The quantitative estimate of drug-likeness (QED) is 0.815. The van der Waals surface area contributed by atoms with E-state index in [2.05, 4.69) is 12.2 Å². The van der Waals surface area contributed by atoms with E-state index in [9.17, 15) is 14.7 Å². The van der Waals surface area contributed by atoms with E-state index in [0.717, 1.165) is 28.5 Å². The van der Waals surface area contributed by atoms with Gasteiger partial charge in [-0.3, -0.25) is 4.79 Å². The maximum Gasteiger partial charge on any atom is 0.326 e. The van der Waals surface area contributed by atoms with Gasteiger partial charge in [0.1, 0.15) is 6.04 Å². The van der Waals surface area contributed by atoms with Crippen LogP contribution in [0, 0.1) is 0 Å². The zero-order valence-electron chi connectivity index (χ0n) is 12.9. The van der Waals surface area contributed by atoms with E-state index in [1.54, 1.807) is 0 Å². The Kier molecular flexibility index (Phi) is 5.55. The molecule has 1 aromatic heterocycles. The molecule has 0 spiro atoms. The van der Waals surface area contributed by atoms with Gasteiger partial charge in [0.05, 0.1) is 4.88 Å². The van der Waals surface area contributed by atoms with E-state index in [4.69, 9.17) is 0 Å². The number of aryl methyl sites for hydroxylation is 1. The summed E-state index contributed by atoms with van der Waals surface area (Å²) < 4.78 is 1.07. The predicted molar refractivity (Wildman–Crippen MR) is 89.6 cm³/mol. The molecule has 1 unspecified atom stereocenters. The van der Waals surface area contributed by atoms with Gasteiger partial charge in [0.15, 0.2) is 0 Å². The lowest BCUT2D eigenvalue weighted by atomic mass is 10.1. The van der Waals surface area contributed by atoms with Crippen LogP contribution in [-0.4, -0.2) is 23.0 Å². The number of amides is 1. The summed E-state index contributed by atoms with van der Waals surface area (Å²) in [5.74, 6) is -1.25. The van der Waals surface area contributed by atoms with Crippen molar-refractivity contribution >= 4 is 33.3 Å². The zero-order chi connectivity index (χ0) is 16.1. The minimum atomic E-state index is -0.978. The molecule has 4 nitrogen and oxygen atoms in total. The summed E-state index contributed by atoms with van der Waals surface area (Å²) in [6, 6.07) is 7.11. The number of aliphatic carboxylic acids is 1. The molecule has 2 N–H and O–H groups in total. The molecule has 5 heteroatoms. The molecule has 0 aliphatic carbocycles. The number of carbonyl (C=O) groups is 2. The fourth-order valence-corrected chi connectivity index (χ4v) is 3.70. The summed E-state index contributed by atoms with van der Waals surface area (Å²) >= 11 is 1.44. The van der Waals surface area contributed by atoms with Gasteiger partial charge >= 0.3 is 5.97 Å². The van der Waals surface area contributed by atoms with E-state index in [1.807, 2.05) is 31.2 Å². The first-order valence-corrected chi connectivity index (χ1v) is 8.44. The van der Waals surface area contributed by atoms with Crippen molar-refractivity contribution in [2.75, 3.05) is 0 Å². The highest BCUT2D eigenvalue weighted by molar-refractivity contribution is 7.21. The Labute approximate surface area is 134 Å². The van der Waals surface area contributed by atoms with Crippen molar-refractivity contribution in [3.63, 3.8) is 0 Å². The minimum Gasteiger partial charge on any atom is -0.480 e. The molecule has 1 heterocycles. The van der Waals surface area contributed by atoms with Crippen molar-refractivity contribution < 1.29 is 14.7 Å². The van der Waals surface area contributed by atoms with Gasteiger partial charge < -0.3 is 10.4 Å². The third-order valence-corrected chi connectivity index (χ3v) is 4.80. The first-order valence-electron chi connectivity index (χ1n) is 7.62. The van der Waals surface area contributed by atoms with Gasteiger partial charge in [-0.1, -0.05) is 44.9 Å². The van der Waals surface area contributed by atoms with Crippen LogP contribution in [0.15, 0.2) is 24.3 Å². The van der Waals surface area contributed by atoms with Gasteiger partial charge in [0.2, 0.25) is 0 Å². The molecular weight excluding hydrogens is 298 g/mol. The third-order valence-electron chi connectivity index (χ3n) is 3.59. The predicted octanol–water partition coefficient (Wildman–Crippen LogP) is 3.84. The lowest BCUT2D eigenvalue weighted by Gasteiger charge is -2.13. The molecule has 1 atom stereocenters. The first-order chi connectivity index (χ1) is 10.6. The monoisotopic (exact) mass is 319 g/mol. The molecule has 118 valence electrons. The van der Waals surface area contributed by atoms with E-state index in [1.165, 1.54) is 11.3 Å². The number of nitrogens with one attached hydrogen (secondary N) is 1. The Morgan fingerprint density at radius 3 is 2.59 bits per heavy atom. The Balaban J connectivity index is 2.34. The van der Waals surface area contributed by atoms with Crippen LogP contribution in [0.2, 0.25) is 0 Å². The fraction of sp³-hybridized carbons (Fsp3) is 0.412. The molecule has 1 aromatic carbocycles. The number of hydrogen-bond acceptors (Lipinski definition) is 3. The highest BCUT2D eigenvalue weighted by Crippen LogP contribution is 2.32. The van der Waals surface area contributed by atoms with Crippen LogP contribution in [-0.2, 0) is 11.2 Å². The Morgan fingerprint density at radius 2 is 1.95 bits per heavy atom. The number of rotatable bonds is 7. The van der Waals surface area contributed by atoms with Gasteiger partial charge in [-0.05, 0) is 29.9 Å². The zero-order valence-corrected chi connectivity index (χ0v) is 13.7. The van der Waals surface area contributed by atoms with Crippen LogP contribution in [0.5, 0.6) is 0 Å². The van der Waals surface area contributed by atoms with Crippen molar-refractivity contribution in [2.45, 2.75) is 45.6 Å². The topological polar surface area (TPSA) is 66.4 Å². The number of hydrogen-bond donors (Lipinski definition) is 2. The average molecular weight is 319 g/mol. The molecule has 0 saturated carbocycles. The molecule has 0 radical (unpaired) electrons. The maximum absolute atomic E-state index is 12.5. The van der Waals surface area contributed by atoms with Crippen molar-refractivity contribution in [1.82, 2.24) is 5.32 Å². The van der Waals surface area contributed by atoms with Gasteiger partial charge in [-0.25, -0.2) is 4.79 Å². The van der Waals surface area contributed by atoms with Crippen LogP contribution >= 0.6 is 11.3 Å². The summed E-state index contributed by atoms with van der Waals surface area (Å²) in [7, 11) is 0. The van der Waals surface area contributed by atoms with Crippen LogP contribution in [0.1, 0.15) is 48.3 Å². The summed E-state index contributed by atoms with van der Waals surface area (Å²) in [4.78, 5) is 24.4. The number of fused-ring (bicyclic) bond motifs is 1. The molecular formula is C17H21NO3S. The van der Waals surface area contributed by atoms with Crippen molar-refractivity contribution in [3.8, 4) is 0 Å².